The first-order valence-corrected chi connectivity index (χ1v) is 9.46. The Hall–Kier alpha value is -3.73. The zero-order chi connectivity index (χ0) is 21.1. The topological polar surface area (TPSA) is 42.9 Å². The molecule has 0 bridgehead atoms. The summed E-state index contributed by atoms with van der Waals surface area (Å²) in [7, 11) is 0. The Bertz CT molecular complexity index is 1210. The summed E-state index contributed by atoms with van der Waals surface area (Å²) in [6.45, 7) is 2.02. The smallest absolute Gasteiger partial charge is 0.171 e. The molecule has 2 aromatic heterocycles. The van der Waals surface area contributed by atoms with Gasteiger partial charge in [0.05, 0.1) is 12.0 Å². The summed E-state index contributed by atoms with van der Waals surface area (Å²) in [6.07, 6.45) is 5.20. The number of rotatable bonds is 5. The standard InChI is InChI=1S/C25H18F2N2O/c1-16-4-5-17(18-3-2-10-28-14-18)11-23(16)19-6-8-21(29-15-19)13-25(30)22-9-7-20(26)12-24(22)27/h2-12,14-15H,13H2,1H3. The van der Waals surface area contributed by atoms with Crippen LogP contribution in [0.3, 0.4) is 0 Å². The molecule has 0 saturated carbocycles. The van der Waals surface area contributed by atoms with Gasteiger partial charge in [0, 0.05) is 41.5 Å². The number of carbonyl (C=O) groups excluding carboxylic acids is 1. The van der Waals surface area contributed by atoms with Crippen LogP contribution >= 0.6 is 0 Å². The van der Waals surface area contributed by atoms with Crippen LogP contribution < -0.4 is 0 Å². The van der Waals surface area contributed by atoms with Gasteiger partial charge < -0.3 is 0 Å². The summed E-state index contributed by atoms with van der Waals surface area (Å²) < 4.78 is 26.9. The number of aryl methyl sites for hydroxylation is 1. The molecule has 4 aromatic rings. The number of halogens is 2. The highest BCUT2D eigenvalue weighted by atomic mass is 19.1. The molecule has 0 spiro atoms. The molecule has 0 aliphatic carbocycles. The summed E-state index contributed by atoms with van der Waals surface area (Å²) in [5, 5.41) is 0. The van der Waals surface area contributed by atoms with Crippen molar-refractivity contribution in [1.29, 1.82) is 0 Å². The van der Waals surface area contributed by atoms with Crippen LogP contribution in [0.2, 0.25) is 0 Å². The Balaban J connectivity index is 1.57. The summed E-state index contributed by atoms with van der Waals surface area (Å²) >= 11 is 0. The van der Waals surface area contributed by atoms with Gasteiger partial charge in [-0.3, -0.25) is 14.8 Å². The molecule has 148 valence electrons. The third-order valence-electron chi connectivity index (χ3n) is 4.94. The normalized spacial score (nSPS) is 10.8. The van der Waals surface area contributed by atoms with Crippen LogP contribution in [-0.4, -0.2) is 15.8 Å². The molecule has 0 amide bonds. The van der Waals surface area contributed by atoms with Gasteiger partial charge in [-0.2, -0.15) is 0 Å². The first-order chi connectivity index (χ1) is 14.5. The Morgan fingerprint density at radius 1 is 0.900 bits per heavy atom. The summed E-state index contributed by atoms with van der Waals surface area (Å²) in [5.74, 6) is -2.02. The van der Waals surface area contributed by atoms with Gasteiger partial charge in [-0.05, 0) is 53.9 Å². The SMILES string of the molecule is Cc1ccc(-c2cccnc2)cc1-c1ccc(CC(=O)c2ccc(F)cc2F)nc1. The maximum Gasteiger partial charge on any atom is 0.171 e. The second kappa shape index (κ2) is 8.33. The molecule has 30 heavy (non-hydrogen) atoms. The van der Waals surface area contributed by atoms with Gasteiger partial charge in [-0.1, -0.05) is 24.3 Å². The fourth-order valence-electron chi connectivity index (χ4n) is 3.31. The number of nitrogens with zero attached hydrogens (tertiary/aromatic N) is 2. The van der Waals surface area contributed by atoms with Gasteiger partial charge in [-0.25, -0.2) is 8.78 Å². The number of ketones is 1. The second-order valence-corrected chi connectivity index (χ2v) is 7.03. The van der Waals surface area contributed by atoms with E-state index < -0.39 is 17.4 Å². The van der Waals surface area contributed by atoms with E-state index >= 15 is 0 Å². The van der Waals surface area contributed by atoms with Crippen molar-refractivity contribution in [2.24, 2.45) is 0 Å². The highest BCUT2D eigenvalue weighted by Crippen LogP contribution is 2.29. The van der Waals surface area contributed by atoms with E-state index in [0.29, 0.717) is 11.8 Å². The van der Waals surface area contributed by atoms with Crippen LogP contribution in [0, 0.1) is 18.6 Å². The second-order valence-electron chi connectivity index (χ2n) is 7.03. The molecule has 2 heterocycles. The Morgan fingerprint density at radius 3 is 2.43 bits per heavy atom. The van der Waals surface area contributed by atoms with Gasteiger partial charge in [-0.15, -0.1) is 0 Å². The quantitative estimate of drug-likeness (QED) is 0.396. The average Bonchev–Trinajstić information content (AvgIpc) is 2.75. The number of pyridine rings is 2. The number of carbonyl (C=O) groups is 1. The third-order valence-corrected chi connectivity index (χ3v) is 4.94. The average molecular weight is 400 g/mol. The summed E-state index contributed by atoms with van der Waals surface area (Å²) in [5.41, 5.74) is 5.51. The van der Waals surface area contributed by atoms with E-state index in [9.17, 15) is 13.6 Å². The minimum atomic E-state index is -0.862. The molecule has 0 aliphatic rings. The van der Waals surface area contributed by atoms with Crippen molar-refractivity contribution in [2.45, 2.75) is 13.3 Å². The van der Waals surface area contributed by atoms with Crippen LogP contribution in [0.25, 0.3) is 22.3 Å². The van der Waals surface area contributed by atoms with Gasteiger partial charge in [0.15, 0.2) is 5.78 Å². The van der Waals surface area contributed by atoms with E-state index in [1.54, 1.807) is 18.5 Å². The monoisotopic (exact) mass is 400 g/mol. The van der Waals surface area contributed by atoms with Crippen LogP contribution in [-0.2, 0) is 6.42 Å². The largest absolute Gasteiger partial charge is 0.294 e. The number of Topliss-reactive ketones (excluding diaryl/α,β-unsaturated/α-hetero) is 1. The summed E-state index contributed by atoms with van der Waals surface area (Å²) in [4.78, 5) is 20.9. The van der Waals surface area contributed by atoms with Gasteiger partial charge >= 0.3 is 0 Å². The molecule has 0 unspecified atom stereocenters. The van der Waals surface area contributed by atoms with E-state index in [1.165, 1.54) is 0 Å². The lowest BCUT2D eigenvalue weighted by Crippen LogP contribution is -2.07. The van der Waals surface area contributed by atoms with Gasteiger partial charge in [0.1, 0.15) is 11.6 Å². The highest BCUT2D eigenvalue weighted by molar-refractivity contribution is 5.97. The predicted molar refractivity (Wildman–Crippen MR) is 112 cm³/mol. The molecule has 0 fully saturated rings. The number of hydrogen-bond acceptors (Lipinski definition) is 3. The fraction of sp³-hybridized carbons (Fsp3) is 0.0800. The van der Waals surface area contributed by atoms with Crippen LogP contribution in [0.1, 0.15) is 21.6 Å². The molecule has 5 heteroatoms. The lowest BCUT2D eigenvalue weighted by molar-refractivity contribution is 0.0988. The van der Waals surface area contributed by atoms with E-state index in [1.807, 2.05) is 43.5 Å². The molecule has 0 radical (unpaired) electrons. The van der Waals surface area contributed by atoms with Gasteiger partial charge in [0.2, 0.25) is 0 Å². The van der Waals surface area contributed by atoms with Crippen molar-refractivity contribution < 1.29 is 13.6 Å². The molecule has 0 aliphatic heterocycles. The molecule has 0 atom stereocenters. The van der Waals surface area contributed by atoms with Crippen molar-refractivity contribution in [1.82, 2.24) is 9.97 Å². The first-order valence-electron chi connectivity index (χ1n) is 9.46. The third kappa shape index (κ3) is 4.15. The molecule has 0 saturated heterocycles. The minimum absolute atomic E-state index is 0.0580. The molecule has 3 nitrogen and oxygen atoms in total. The molecule has 4 rings (SSSR count). The van der Waals surface area contributed by atoms with Crippen LogP contribution in [0.4, 0.5) is 8.78 Å². The Morgan fingerprint density at radius 2 is 1.73 bits per heavy atom. The number of benzene rings is 2. The molecule has 2 aromatic carbocycles. The molecular formula is C25H18F2N2O. The predicted octanol–water partition coefficient (Wildman–Crippen LogP) is 5.82. The fourth-order valence-corrected chi connectivity index (χ4v) is 3.31. The van der Waals surface area contributed by atoms with Gasteiger partial charge in [0.25, 0.3) is 0 Å². The van der Waals surface area contributed by atoms with E-state index in [2.05, 4.69) is 16.0 Å². The lowest BCUT2D eigenvalue weighted by atomic mass is 9.96. The van der Waals surface area contributed by atoms with E-state index in [0.717, 1.165) is 39.9 Å². The number of aromatic nitrogens is 2. The van der Waals surface area contributed by atoms with Crippen LogP contribution in [0.5, 0.6) is 0 Å². The lowest BCUT2D eigenvalue weighted by Gasteiger charge is -2.10. The van der Waals surface area contributed by atoms with E-state index in [-0.39, 0.29) is 12.0 Å². The van der Waals surface area contributed by atoms with Crippen molar-refractivity contribution in [2.75, 3.05) is 0 Å². The highest BCUT2D eigenvalue weighted by Gasteiger charge is 2.14. The Kier molecular flexibility index (Phi) is 5.44. The van der Waals surface area contributed by atoms with Crippen LogP contribution in [0.15, 0.2) is 79.3 Å². The maximum absolute atomic E-state index is 13.8. The first kappa shape index (κ1) is 19.6. The number of hydrogen-bond donors (Lipinski definition) is 0. The zero-order valence-corrected chi connectivity index (χ0v) is 16.3. The van der Waals surface area contributed by atoms with Crippen molar-refractivity contribution in [3.63, 3.8) is 0 Å². The summed E-state index contributed by atoms with van der Waals surface area (Å²) in [6, 6.07) is 16.7. The van der Waals surface area contributed by atoms with Crippen molar-refractivity contribution in [3.05, 3.63) is 108 Å². The van der Waals surface area contributed by atoms with E-state index in [4.69, 9.17) is 0 Å². The van der Waals surface area contributed by atoms with Crippen molar-refractivity contribution in [3.8, 4) is 22.3 Å². The zero-order valence-electron chi connectivity index (χ0n) is 16.3. The van der Waals surface area contributed by atoms with Crippen molar-refractivity contribution >= 4 is 5.78 Å². The molecule has 0 N–H and O–H groups in total. The maximum atomic E-state index is 13.8. The minimum Gasteiger partial charge on any atom is -0.294 e. The molecular weight excluding hydrogens is 382 g/mol. The Labute approximate surface area is 173 Å².